The predicted octanol–water partition coefficient (Wildman–Crippen LogP) is 4.23. The molecule has 31 heavy (non-hydrogen) atoms. The van der Waals surface area contributed by atoms with E-state index in [2.05, 4.69) is 21.7 Å². The Morgan fingerprint density at radius 2 is 1.77 bits per heavy atom. The summed E-state index contributed by atoms with van der Waals surface area (Å²) in [4.78, 5) is 29.6. The van der Waals surface area contributed by atoms with Gasteiger partial charge in [0.05, 0.1) is 22.6 Å². The van der Waals surface area contributed by atoms with Crippen LogP contribution in [0.25, 0.3) is 0 Å². The molecule has 0 saturated heterocycles. The van der Waals surface area contributed by atoms with E-state index in [9.17, 15) is 14.9 Å². The summed E-state index contributed by atoms with van der Waals surface area (Å²) in [6.07, 6.45) is 0. The Kier molecular flexibility index (Phi) is 7.41. The SMILES string of the molecule is Cc1cc(C)c(C#N)c(SCC(=O)Nc2ccccc2C(=O)NCc2ccccc2)n1. The monoisotopic (exact) mass is 430 g/mol. The van der Waals surface area contributed by atoms with E-state index in [4.69, 9.17) is 0 Å². The highest BCUT2D eigenvalue weighted by atomic mass is 32.2. The highest BCUT2D eigenvalue weighted by molar-refractivity contribution is 8.00. The summed E-state index contributed by atoms with van der Waals surface area (Å²) in [5, 5.41) is 15.6. The second-order valence-electron chi connectivity index (χ2n) is 6.92. The van der Waals surface area contributed by atoms with Gasteiger partial charge >= 0.3 is 0 Å². The van der Waals surface area contributed by atoms with Crippen LogP contribution in [0, 0.1) is 25.2 Å². The molecule has 0 bridgehead atoms. The maximum absolute atomic E-state index is 12.6. The number of para-hydroxylation sites is 1. The molecule has 0 fully saturated rings. The van der Waals surface area contributed by atoms with Gasteiger partial charge in [-0.15, -0.1) is 0 Å². The van der Waals surface area contributed by atoms with E-state index >= 15 is 0 Å². The fourth-order valence-corrected chi connectivity index (χ4v) is 3.93. The van der Waals surface area contributed by atoms with Crippen molar-refractivity contribution in [2.75, 3.05) is 11.1 Å². The second kappa shape index (κ2) is 10.4. The first kappa shape index (κ1) is 22.1. The smallest absolute Gasteiger partial charge is 0.253 e. The number of pyridine rings is 1. The summed E-state index contributed by atoms with van der Waals surface area (Å²) >= 11 is 1.20. The molecule has 7 heteroatoms. The highest BCUT2D eigenvalue weighted by Gasteiger charge is 2.15. The van der Waals surface area contributed by atoms with Crippen molar-refractivity contribution in [3.63, 3.8) is 0 Å². The van der Waals surface area contributed by atoms with E-state index in [1.54, 1.807) is 24.3 Å². The second-order valence-corrected chi connectivity index (χ2v) is 7.89. The molecule has 0 unspecified atom stereocenters. The van der Waals surface area contributed by atoms with Gasteiger partial charge in [0.1, 0.15) is 11.1 Å². The number of carbonyl (C=O) groups is 2. The van der Waals surface area contributed by atoms with Crippen molar-refractivity contribution >= 4 is 29.3 Å². The minimum absolute atomic E-state index is 0.0740. The lowest BCUT2D eigenvalue weighted by atomic mass is 10.1. The molecule has 0 aliphatic rings. The third-order valence-electron chi connectivity index (χ3n) is 4.50. The van der Waals surface area contributed by atoms with Gasteiger partial charge < -0.3 is 10.6 Å². The van der Waals surface area contributed by atoms with E-state index in [0.29, 0.717) is 28.4 Å². The largest absolute Gasteiger partial charge is 0.348 e. The lowest BCUT2D eigenvalue weighted by Gasteiger charge is -2.12. The number of nitriles is 1. The van der Waals surface area contributed by atoms with Crippen LogP contribution < -0.4 is 10.6 Å². The van der Waals surface area contributed by atoms with Gasteiger partial charge in [0.25, 0.3) is 5.91 Å². The zero-order chi connectivity index (χ0) is 22.2. The molecular weight excluding hydrogens is 408 g/mol. The zero-order valence-electron chi connectivity index (χ0n) is 17.3. The predicted molar refractivity (Wildman–Crippen MR) is 122 cm³/mol. The van der Waals surface area contributed by atoms with Crippen LogP contribution in [0.4, 0.5) is 5.69 Å². The Hall–Kier alpha value is -3.63. The van der Waals surface area contributed by atoms with Crippen molar-refractivity contribution in [1.82, 2.24) is 10.3 Å². The normalized spacial score (nSPS) is 10.2. The number of aryl methyl sites for hydroxylation is 2. The molecule has 0 aliphatic heterocycles. The molecule has 6 nitrogen and oxygen atoms in total. The number of anilines is 1. The zero-order valence-corrected chi connectivity index (χ0v) is 18.1. The maximum Gasteiger partial charge on any atom is 0.253 e. The third kappa shape index (κ3) is 5.93. The quantitative estimate of drug-likeness (QED) is 0.547. The van der Waals surface area contributed by atoms with E-state index in [1.165, 1.54) is 11.8 Å². The molecular formula is C24H22N4O2S. The average Bonchev–Trinajstić information content (AvgIpc) is 2.77. The van der Waals surface area contributed by atoms with Gasteiger partial charge in [0, 0.05) is 12.2 Å². The summed E-state index contributed by atoms with van der Waals surface area (Å²) in [5.41, 5.74) is 3.91. The Morgan fingerprint density at radius 3 is 2.52 bits per heavy atom. The first-order valence-electron chi connectivity index (χ1n) is 9.70. The van der Waals surface area contributed by atoms with Crippen molar-refractivity contribution in [2.45, 2.75) is 25.4 Å². The molecule has 0 aliphatic carbocycles. The van der Waals surface area contributed by atoms with Crippen LogP contribution >= 0.6 is 11.8 Å². The number of amides is 2. The molecule has 2 N–H and O–H groups in total. The summed E-state index contributed by atoms with van der Waals surface area (Å²) in [7, 11) is 0. The lowest BCUT2D eigenvalue weighted by Crippen LogP contribution is -2.25. The van der Waals surface area contributed by atoms with Gasteiger partial charge in [-0.25, -0.2) is 4.98 Å². The number of nitrogens with one attached hydrogen (secondary N) is 2. The summed E-state index contributed by atoms with van der Waals surface area (Å²) in [5.74, 6) is -0.474. The molecule has 3 rings (SSSR count). The third-order valence-corrected chi connectivity index (χ3v) is 5.48. The molecule has 2 amide bonds. The Morgan fingerprint density at radius 1 is 1.06 bits per heavy atom. The summed E-state index contributed by atoms with van der Waals surface area (Å²) in [6, 6.07) is 20.5. The van der Waals surface area contributed by atoms with Crippen LogP contribution in [-0.2, 0) is 11.3 Å². The maximum atomic E-state index is 12.6. The van der Waals surface area contributed by atoms with Gasteiger partial charge in [-0.1, -0.05) is 54.2 Å². The lowest BCUT2D eigenvalue weighted by molar-refractivity contribution is -0.113. The van der Waals surface area contributed by atoms with Crippen molar-refractivity contribution in [2.24, 2.45) is 0 Å². The van der Waals surface area contributed by atoms with Crippen LogP contribution in [0.3, 0.4) is 0 Å². The number of rotatable bonds is 7. The van der Waals surface area contributed by atoms with Gasteiger partial charge in [-0.2, -0.15) is 5.26 Å². The van der Waals surface area contributed by atoms with Gasteiger partial charge in [0.15, 0.2) is 0 Å². The number of thioether (sulfide) groups is 1. The number of nitrogens with zero attached hydrogens (tertiary/aromatic N) is 2. The van der Waals surface area contributed by atoms with Crippen molar-refractivity contribution in [3.8, 4) is 6.07 Å². The molecule has 0 spiro atoms. The first-order valence-corrected chi connectivity index (χ1v) is 10.7. The summed E-state index contributed by atoms with van der Waals surface area (Å²) in [6.45, 7) is 4.09. The van der Waals surface area contributed by atoms with Crippen LogP contribution in [-0.4, -0.2) is 22.6 Å². The van der Waals surface area contributed by atoms with Crippen LogP contribution in [0.2, 0.25) is 0 Å². The van der Waals surface area contributed by atoms with E-state index < -0.39 is 0 Å². The van der Waals surface area contributed by atoms with Crippen LogP contribution in [0.1, 0.15) is 32.7 Å². The number of benzene rings is 2. The van der Waals surface area contributed by atoms with Crippen molar-refractivity contribution in [1.29, 1.82) is 5.26 Å². The van der Waals surface area contributed by atoms with Crippen molar-refractivity contribution < 1.29 is 9.59 Å². The molecule has 3 aromatic rings. The van der Waals surface area contributed by atoms with Crippen LogP contribution in [0.15, 0.2) is 65.7 Å². The molecule has 1 aromatic heterocycles. The minimum Gasteiger partial charge on any atom is -0.348 e. The average molecular weight is 431 g/mol. The molecule has 0 radical (unpaired) electrons. The Bertz CT molecular complexity index is 1140. The number of carbonyl (C=O) groups excluding carboxylic acids is 2. The number of hydrogen-bond acceptors (Lipinski definition) is 5. The minimum atomic E-state index is -0.279. The standard InChI is InChI=1S/C24H22N4O2S/c1-16-12-17(2)27-24(20(16)13-25)31-15-22(29)28-21-11-7-6-10-19(21)23(30)26-14-18-8-4-3-5-9-18/h3-12H,14-15H2,1-2H3,(H,26,30)(H,28,29). The van der Waals surface area contributed by atoms with Gasteiger partial charge in [0.2, 0.25) is 5.91 Å². The number of hydrogen-bond donors (Lipinski definition) is 2. The van der Waals surface area contributed by atoms with E-state index in [0.717, 1.165) is 16.8 Å². The molecule has 156 valence electrons. The topological polar surface area (TPSA) is 94.9 Å². The first-order chi connectivity index (χ1) is 15.0. The fourth-order valence-electron chi connectivity index (χ4n) is 3.03. The summed E-state index contributed by atoms with van der Waals surface area (Å²) < 4.78 is 0. The molecule has 0 atom stereocenters. The fraction of sp³-hybridized carbons (Fsp3) is 0.167. The molecule has 0 saturated carbocycles. The van der Waals surface area contributed by atoms with Crippen LogP contribution in [0.5, 0.6) is 0 Å². The van der Waals surface area contributed by atoms with E-state index in [-0.39, 0.29) is 17.6 Å². The number of aromatic nitrogens is 1. The van der Waals surface area contributed by atoms with Crippen molar-refractivity contribution in [3.05, 3.63) is 88.6 Å². The Labute approximate surface area is 185 Å². The molecule has 2 aromatic carbocycles. The van der Waals surface area contributed by atoms with Gasteiger partial charge in [-0.05, 0) is 43.2 Å². The van der Waals surface area contributed by atoms with E-state index in [1.807, 2.05) is 50.2 Å². The Balaban J connectivity index is 1.65. The molecule has 1 heterocycles. The van der Waals surface area contributed by atoms with Gasteiger partial charge in [-0.3, -0.25) is 9.59 Å². The highest BCUT2D eigenvalue weighted by Crippen LogP contribution is 2.24.